The number of hydrogen-bond donors (Lipinski definition) is 5. The molecule has 1 fully saturated rings. The summed E-state index contributed by atoms with van der Waals surface area (Å²) in [6.45, 7) is 0.323. The van der Waals surface area contributed by atoms with Gasteiger partial charge in [0, 0.05) is 18.7 Å². The number of nitrogens with one attached hydrogen (secondary N) is 2. The summed E-state index contributed by atoms with van der Waals surface area (Å²) in [6, 6.07) is 14.5. The highest BCUT2D eigenvalue weighted by Gasteiger charge is 2.38. The molecule has 5 N–H and O–H groups in total. The van der Waals surface area contributed by atoms with Crippen LogP contribution in [0, 0.1) is 0 Å². The molecule has 2 aromatic carbocycles. The zero-order valence-electron chi connectivity index (χ0n) is 19.9. The SMILES string of the molecule is NC(Cc1ccccc1)C(=O)NC(CS)C(=O)N1CCCC1C(=O)NC(Cc1ccccc1)C(=O)O. The van der Waals surface area contributed by atoms with Gasteiger partial charge in [-0.3, -0.25) is 14.4 Å². The maximum atomic E-state index is 13.2. The number of likely N-dealkylation sites (tertiary alicyclic amines) is 1. The number of benzene rings is 2. The number of carbonyl (C=O) groups is 4. The van der Waals surface area contributed by atoms with Gasteiger partial charge in [0.1, 0.15) is 18.1 Å². The average molecular weight is 513 g/mol. The summed E-state index contributed by atoms with van der Waals surface area (Å²) in [5, 5.41) is 14.9. The molecule has 2 aromatic rings. The van der Waals surface area contributed by atoms with Crippen LogP contribution in [0.1, 0.15) is 24.0 Å². The van der Waals surface area contributed by atoms with Crippen molar-refractivity contribution in [1.29, 1.82) is 0 Å². The van der Waals surface area contributed by atoms with E-state index in [1.165, 1.54) is 4.90 Å². The lowest BCUT2D eigenvalue weighted by Gasteiger charge is -2.29. The summed E-state index contributed by atoms with van der Waals surface area (Å²) in [5.74, 6) is -2.59. The van der Waals surface area contributed by atoms with Crippen LogP contribution in [0.3, 0.4) is 0 Å². The fourth-order valence-electron chi connectivity index (χ4n) is 4.25. The van der Waals surface area contributed by atoms with Crippen LogP contribution in [-0.4, -0.2) is 70.2 Å². The number of nitrogens with two attached hydrogens (primary N) is 1. The molecule has 3 rings (SSSR count). The van der Waals surface area contributed by atoms with Crippen molar-refractivity contribution in [3.63, 3.8) is 0 Å². The molecule has 10 heteroatoms. The molecule has 0 spiro atoms. The fraction of sp³-hybridized carbons (Fsp3) is 0.385. The molecule has 0 saturated carbocycles. The molecule has 4 unspecified atom stereocenters. The molecule has 1 heterocycles. The molecular weight excluding hydrogens is 480 g/mol. The molecule has 9 nitrogen and oxygen atoms in total. The van der Waals surface area contributed by atoms with E-state index in [0.29, 0.717) is 25.8 Å². The summed E-state index contributed by atoms with van der Waals surface area (Å²) in [6.07, 6.45) is 1.42. The van der Waals surface area contributed by atoms with Crippen LogP contribution in [0.15, 0.2) is 60.7 Å². The van der Waals surface area contributed by atoms with Gasteiger partial charge in [-0.15, -0.1) is 0 Å². The first-order valence-electron chi connectivity index (χ1n) is 11.9. The van der Waals surface area contributed by atoms with E-state index in [4.69, 9.17) is 5.73 Å². The lowest BCUT2D eigenvalue weighted by molar-refractivity contribution is -0.144. The number of amides is 3. The summed E-state index contributed by atoms with van der Waals surface area (Å²) in [5.41, 5.74) is 7.72. The number of carbonyl (C=O) groups excluding carboxylic acids is 3. The summed E-state index contributed by atoms with van der Waals surface area (Å²) >= 11 is 4.23. The Morgan fingerprint density at radius 1 is 0.944 bits per heavy atom. The van der Waals surface area contributed by atoms with Crippen molar-refractivity contribution in [3.05, 3.63) is 71.8 Å². The van der Waals surface area contributed by atoms with Crippen LogP contribution in [0.25, 0.3) is 0 Å². The molecule has 0 radical (unpaired) electrons. The van der Waals surface area contributed by atoms with E-state index in [2.05, 4.69) is 23.3 Å². The van der Waals surface area contributed by atoms with Crippen LogP contribution < -0.4 is 16.4 Å². The van der Waals surface area contributed by atoms with Crippen molar-refractivity contribution < 1.29 is 24.3 Å². The van der Waals surface area contributed by atoms with Gasteiger partial charge in [0.25, 0.3) is 0 Å². The van der Waals surface area contributed by atoms with Crippen molar-refractivity contribution >= 4 is 36.3 Å². The molecule has 36 heavy (non-hydrogen) atoms. The van der Waals surface area contributed by atoms with Gasteiger partial charge < -0.3 is 26.4 Å². The van der Waals surface area contributed by atoms with E-state index in [0.717, 1.165) is 11.1 Å². The zero-order valence-corrected chi connectivity index (χ0v) is 20.8. The molecule has 4 atom stereocenters. The van der Waals surface area contributed by atoms with Crippen LogP contribution in [0.2, 0.25) is 0 Å². The molecular formula is C26H32N4O5S. The fourth-order valence-corrected chi connectivity index (χ4v) is 4.49. The Bertz CT molecular complexity index is 1050. The van der Waals surface area contributed by atoms with E-state index >= 15 is 0 Å². The maximum absolute atomic E-state index is 13.2. The van der Waals surface area contributed by atoms with E-state index in [1.807, 2.05) is 36.4 Å². The zero-order chi connectivity index (χ0) is 26.1. The molecule has 192 valence electrons. The summed E-state index contributed by atoms with van der Waals surface area (Å²) < 4.78 is 0. The first kappa shape index (κ1) is 27.2. The molecule has 1 saturated heterocycles. The van der Waals surface area contributed by atoms with Gasteiger partial charge in [0.05, 0.1) is 6.04 Å². The largest absolute Gasteiger partial charge is 0.480 e. The molecule has 1 aliphatic heterocycles. The molecule has 0 aliphatic carbocycles. The van der Waals surface area contributed by atoms with Crippen LogP contribution >= 0.6 is 12.6 Å². The minimum atomic E-state index is -1.16. The number of nitrogens with zero attached hydrogens (tertiary/aromatic N) is 1. The van der Waals surface area contributed by atoms with E-state index in [9.17, 15) is 24.3 Å². The van der Waals surface area contributed by atoms with Crippen LogP contribution in [0.4, 0.5) is 0 Å². The minimum Gasteiger partial charge on any atom is -0.480 e. The number of thiol groups is 1. The monoisotopic (exact) mass is 512 g/mol. The third kappa shape index (κ3) is 7.32. The molecule has 1 aliphatic rings. The topological polar surface area (TPSA) is 142 Å². The van der Waals surface area contributed by atoms with Crippen LogP contribution in [-0.2, 0) is 32.0 Å². The first-order valence-corrected chi connectivity index (χ1v) is 12.5. The highest BCUT2D eigenvalue weighted by atomic mass is 32.1. The van der Waals surface area contributed by atoms with Gasteiger partial charge in [-0.1, -0.05) is 60.7 Å². The number of carboxylic acids is 1. The Balaban J connectivity index is 1.61. The van der Waals surface area contributed by atoms with Gasteiger partial charge in [-0.25, -0.2) is 4.79 Å². The number of aliphatic carboxylic acids is 1. The Labute approximate surface area is 215 Å². The molecule has 3 amide bonds. The van der Waals surface area contributed by atoms with Crippen molar-refractivity contribution in [1.82, 2.24) is 15.5 Å². The maximum Gasteiger partial charge on any atom is 0.326 e. The second-order valence-corrected chi connectivity index (χ2v) is 9.18. The van der Waals surface area contributed by atoms with Gasteiger partial charge in [0.15, 0.2) is 0 Å². The average Bonchev–Trinajstić information content (AvgIpc) is 3.37. The predicted molar refractivity (Wildman–Crippen MR) is 138 cm³/mol. The Kier molecular flexibility index (Phi) is 9.89. The van der Waals surface area contributed by atoms with E-state index < -0.39 is 47.9 Å². The second-order valence-electron chi connectivity index (χ2n) is 8.82. The lowest BCUT2D eigenvalue weighted by atomic mass is 10.0. The van der Waals surface area contributed by atoms with Crippen molar-refractivity contribution in [2.24, 2.45) is 5.73 Å². The quantitative estimate of drug-likeness (QED) is 0.282. The van der Waals surface area contributed by atoms with Crippen molar-refractivity contribution in [2.45, 2.75) is 49.9 Å². The van der Waals surface area contributed by atoms with Gasteiger partial charge in [-0.2, -0.15) is 12.6 Å². The number of hydrogen-bond acceptors (Lipinski definition) is 6. The van der Waals surface area contributed by atoms with Gasteiger partial charge >= 0.3 is 5.97 Å². The third-order valence-electron chi connectivity index (χ3n) is 6.17. The third-order valence-corrected chi connectivity index (χ3v) is 6.53. The van der Waals surface area contributed by atoms with Crippen molar-refractivity contribution in [2.75, 3.05) is 12.3 Å². The summed E-state index contributed by atoms with van der Waals surface area (Å²) in [4.78, 5) is 52.1. The van der Waals surface area contributed by atoms with E-state index in [-0.39, 0.29) is 12.2 Å². The van der Waals surface area contributed by atoms with Gasteiger partial charge in [0.2, 0.25) is 17.7 Å². The second kappa shape index (κ2) is 13.1. The number of carboxylic acid groups (broad SMARTS) is 1. The van der Waals surface area contributed by atoms with Gasteiger partial charge in [-0.05, 0) is 30.4 Å². The molecule has 0 bridgehead atoms. The standard InChI is InChI=1S/C26H32N4O5S/c27-19(14-17-8-3-1-4-9-17)23(31)29-21(16-36)25(33)30-13-7-12-22(30)24(32)28-20(26(34)35)15-18-10-5-2-6-11-18/h1-6,8-11,19-22,36H,7,12-16,27H2,(H,28,32)(H,29,31)(H,34,35). The highest BCUT2D eigenvalue weighted by Crippen LogP contribution is 2.19. The first-order chi connectivity index (χ1) is 17.3. The Morgan fingerprint density at radius 3 is 2.08 bits per heavy atom. The number of rotatable bonds is 11. The highest BCUT2D eigenvalue weighted by molar-refractivity contribution is 7.80. The molecule has 0 aromatic heterocycles. The normalized spacial score (nSPS) is 17.6. The Hall–Kier alpha value is -3.37. The summed E-state index contributed by atoms with van der Waals surface area (Å²) in [7, 11) is 0. The van der Waals surface area contributed by atoms with E-state index in [1.54, 1.807) is 24.3 Å². The van der Waals surface area contributed by atoms with Crippen molar-refractivity contribution in [3.8, 4) is 0 Å². The lowest BCUT2D eigenvalue weighted by Crippen LogP contribution is -2.57. The Morgan fingerprint density at radius 2 is 1.53 bits per heavy atom. The smallest absolute Gasteiger partial charge is 0.326 e. The minimum absolute atomic E-state index is 0.0270. The predicted octanol–water partition coefficient (Wildman–Crippen LogP) is 0.774. The van der Waals surface area contributed by atoms with Crippen LogP contribution in [0.5, 0.6) is 0 Å².